The lowest BCUT2D eigenvalue weighted by molar-refractivity contribution is 0.0697. The molecule has 0 amide bonds. The number of aromatic nitrogens is 2. The Morgan fingerprint density at radius 1 is 1.12 bits per heavy atom. The molecule has 0 radical (unpaired) electrons. The molecular formula is C12H12N2O2. The van der Waals surface area contributed by atoms with Crippen LogP contribution in [0.3, 0.4) is 0 Å². The molecule has 0 unspecified atom stereocenters. The van der Waals surface area contributed by atoms with Crippen LogP contribution in [0.2, 0.25) is 0 Å². The average molecular weight is 216 g/mol. The monoisotopic (exact) mass is 216 g/mol. The second kappa shape index (κ2) is 6.29. The molecule has 1 heterocycles. The summed E-state index contributed by atoms with van der Waals surface area (Å²) in [6, 6.07) is 8.53. The summed E-state index contributed by atoms with van der Waals surface area (Å²) in [5.41, 5.74) is 1.41. The van der Waals surface area contributed by atoms with Crippen molar-refractivity contribution in [3.8, 4) is 0 Å². The lowest BCUT2D eigenvalue weighted by atomic mass is 10.2. The molecule has 0 aliphatic heterocycles. The molecule has 0 fully saturated rings. The van der Waals surface area contributed by atoms with Crippen molar-refractivity contribution in [1.29, 1.82) is 0 Å². The van der Waals surface area contributed by atoms with Crippen LogP contribution < -0.4 is 0 Å². The van der Waals surface area contributed by atoms with E-state index in [1.54, 1.807) is 42.7 Å². The summed E-state index contributed by atoms with van der Waals surface area (Å²) in [6.07, 6.45) is 4.88. The maximum Gasteiger partial charge on any atom is 0.335 e. The zero-order chi connectivity index (χ0) is 11.8. The van der Waals surface area contributed by atoms with Crippen molar-refractivity contribution >= 4 is 5.97 Å². The number of carboxylic acids is 1. The number of rotatable bonds is 1. The van der Waals surface area contributed by atoms with Gasteiger partial charge in [0.15, 0.2) is 0 Å². The molecule has 1 aromatic heterocycles. The van der Waals surface area contributed by atoms with E-state index in [1.165, 1.54) is 6.33 Å². The van der Waals surface area contributed by atoms with Gasteiger partial charge in [0.05, 0.1) is 5.56 Å². The van der Waals surface area contributed by atoms with E-state index in [2.05, 4.69) is 9.97 Å². The highest BCUT2D eigenvalue weighted by Crippen LogP contribution is 2.01. The van der Waals surface area contributed by atoms with Crippen molar-refractivity contribution in [2.75, 3.05) is 0 Å². The number of nitrogens with zero attached hydrogens (tertiary/aromatic N) is 2. The molecule has 2 aromatic rings. The number of aryl methyl sites for hydroxylation is 1. The zero-order valence-corrected chi connectivity index (χ0v) is 8.87. The Kier molecular flexibility index (Phi) is 4.66. The summed E-state index contributed by atoms with van der Waals surface area (Å²) in [7, 11) is 0. The fourth-order valence-corrected chi connectivity index (χ4v) is 0.949. The number of hydrogen-bond donors (Lipinski definition) is 1. The van der Waals surface area contributed by atoms with Crippen LogP contribution in [0.15, 0.2) is 49.1 Å². The summed E-state index contributed by atoms with van der Waals surface area (Å²) in [5, 5.41) is 8.48. The first-order valence-corrected chi connectivity index (χ1v) is 4.70. The smallest absolute Gasteiger partial charge is 0.335 e. The van der Waals surface area contributed by atoms with Gasteiger partial charge in [-0.1, -0.05) is 17.7 Å². The van der Waals surface area contributed by atoms with Crippen molar-refractivity contribution in [2.24, 2.45) is 0 Å². The van der Waals surface area contributed by atoms with Gasteiger partial charge < -0.3 is 5.11 Å². The first-order valence-electron chi connectivity index (χ1n) is 4.70. The molecule has 0 saturated carbocycles. The molecule has 0 aliphatic rings. The minimum absolute atomic E-state index is 0.339. The molecule has 0 atom stereocenters. The van der Waals surface area contributed by atoms with Crippen molar-refractivity contribution in [2.45, 2.75) is 6.92 Å². The summed E-state index contributed by atoms with van der Waals surface area (Å²) in [4.78, 5) is 17.7. The van der Waals surface area contributed by atoms with Gasteiger partial charge in [0.2, 0.25) is 0 Å². The van der Waals surface area contributed by atoms with Crippen molar-refractivity contribution in [3.63, 3.8) is 0 Å². The summed E-state index contributed by atoms with van der Waals surface area (Å²) in [5.74, 6) is -0.875. The topological polar surface area (TPSA) is 63.1 Å². The highest BCUT2D eigenvalue weighted by Gasteiger charge is 1.98. The Hall–Kier alpha value is -2.23. The van der Waals surface area contributed by atoms with Gasteiger partial charge in [-0.2, -0.15) is 0 Å². The van der Waals surface area contributed by atoms with Gasteiger partial charge in [-0.25, -0.2) is 14.8 Å². The van der Waals surface area contributed by atoms with Crippen molar-refractivity contribution in [1.82, 2.24) is 9.97 Å². The summed E-state index contributed by atoms with van der Waals surface area (Å²) < 4.78 is 0. The number of aromatic carboxylic acids is 1. The van der Waals surface area contributed by atoms with Gasteiger partial charge in [0, 0.05) is 12.4 Å². The van der Waals surface area contributed by atoms with Crippen LogP contribution >= 0.6 is 0 Å². The normalized spacial score (nSPS) is 8.81. The standard InChI is InChI=1S/C8H8O2.C4H4N2/c1-6-2-4-7(5-3-6)8(9)10;1-2-5-4-6-3-1/h2-5H,1H3,(H,9,10);1-4H. The largest absolute Gasteiger partial charge is 0.478 e. The van der Waals surface area contributed by atoms with E-state index in [0.717, 1.165) is 5.56 Å². The predicted molar refractivity (Wildman–Crippen MR) is 60.2 cm³/mol. The van der Waals surface area contributed by atoms with Crippen LogP contribution in [-0.2, 0) is 0 Å². The minimum atomic E-state index is -0.875. The first-order chi connectivity index (χ1) is 7.70. The highest BCUT2D eigenvalue weighted by molar-refractivity contribution is 5.87. The van der Waals surface area contributed by atoms with Crippen LogP contribution in [0.25, 0.3) is 0 Å². The van der Waals surface area contributed by atoms with Gasteiger partial charge in [-0.15, -0.1) is 0 Å². The quantitative estimate of drug-likeness (QED) is 0.793. The SMILES string of the molecule is Cc1ccc(C(=O)O)cc1.c1cncnc1. The van der Waals surface area contributed by atoms with Crippen LogP contribution in [0, 0.1) is 6.92 Å². The Bertz CT molecular complexity index is 400. The first kappa shape index (κ1) is 11.8. The molecule has 4 nitrogen and oxygen atoms in total. The second-order valence-electron chi connectivity index (χ2n) is 3.08. The number of benzene rings is 1. The van der Waals surface area contributed by atoms with E-state index >= 15 is 0 Å². The highest BCUT2D eigenvalue weighted by atomic mass is 16.4. The lowest BCUT2D eigenvalue weighted by Gasteiger charge is -1.92. The molecule has 1 N–H and O–H groups in total. The van der Waals surface area contributed by atoms with Gasteiger partial charge in [0.25, 0.3) is 0 Å². The molecule has 82 valence electrons. The molecule has 0 aliphatic carbocycles. The van der Waals surface area contributed by atoms with Crippen LogP contribution in [0.1, 0.15) is 15.9 Å². The Labute approximate surface area is 93.6 Å². The molecule has 1 aromatic carbocycles. The van der Waals surface area contributed by atoms with E-state index in [4.69, 9.17) is 5.11 Å². The molecule has 0 saturated heterocycles. The Morgan fingerprint density at radius 2 is 1.69 bits per heavy atom. The van der Waals surface area contributed by atoms with E-state index in [1.807, 2.05) is 6.92 Å². The molecule has 16 heavy (non-hydrogen) atoms. The third kappa shape index (κ3) is 4.32. The Balaban J connectivity index is 0.000000181. The zero-order valence-electron chi connectivity index (χ0n) is 8.87. The van der Waals surface area contributed by atoms with E-state index in [-0.39, 0.29) is 0 Å². The van der Waals surface area contributed by atoms with Gasteiger partial charge in [-0.3, -0.25) is 0 Å². The number of carboxylic acid groups (broad SMARTS) is 1. The molecule has 0 bridgehead atoms. The Morgan fingerprint density at radius 3 is 2.00 bits per heavy atom. The lowest BCUT2D eigenvalue weighted by Crippen LogP contribution is -1.94. The summed E-state index contributed by atoms with van der Waals surface area (Å²) in [6.45, 7) is 1.92. The molecule has 4 heteroatoms. The van der Waals surface area contributed by atoms with Gasteiger partial charge >= 0.3 is 5.97 Å². The second-order valence-corrected chi connectivity index (χ2v) is 3.08. The molecule has 2 rings (SSSR count). The molecular weight excluding hydrogens is 204 g/mol. The van der Waals surface area contributed by atoms with Crippen LogP contribution in [0.4, 0.5) is 0 Å². The van der Waals surface area contributed by atoms with E-state index in [0.29, 0.717) is 5.56 Å². The number of hydrogen-bond acceptors (Lipinski definition) is 3. The van der Waals surface area contributed by atoms with Crippen LogP contribution in [-0.4, -0.2) is 21.0 Å². The van der Waals surface area contributed by atoms with Crippen molar-refractivity contribution in [3.05, 3.63) is 60.2 Å². The number of carbonyl (C=O) groups is 1. The third-order valence-corrected chi connectivity index (χ3v) is 1.78. The minimum Gasteiger partial charge on any atom is -0.478 e. The third-order valence-electron chi connectivity index (χ3n) is 1.78. The van der Waals surface area contributed by atoms with Gasteiger partial charge in [0.1, 0.15) is 6.33 Å². The fraction of sp³-hybridized carbons (Fsp3) is 0.0833. The van der Waals surface area contributed by atoms with Crippen molar-refractivity contribution < 1.29 is 9.90 Å². The summed E-state index contributed by atoms with van der Waals surface area (Å²) >= 11 is 0. The average Bonchev–Trinajstić information content (AvgIpc) is 2.32. The molecule has 0 spiro atoms. The fourth-order valence-electron chi connectivity index (χ4n) is 0.949. The van der Waals surface area contributed by atoms with Crippen LogP contribution in [0.5, 0.6) is 0 Å². The maximum absolute atomic E-state index is 10.3. The maximum atomic E-state index is 10.3. The van der Waals surface area contributed by atoms with E-state index < -0.39 is 5.97 Å². The van der Waals surface area contributed by atoms with E-state index in [9.17, 15) is 4.79 Å². The van der Waals surface area contributed by atoms with Gasteiger partial charge in [-0.05, 0) is 25.1 Å². The predicted octanol–water partition coefficient (Wildman–Crippen LogP) is 2.17.